The maximum atomic E-state index is 12.0. The zero-order valence-corrected chi connectivity index (χ0v) is 16.9. The Kier molecular flexibility index (Phi) is 7.20. The smallest absolute Gasteiger partial charge is 0.226 e. The van der Waals surface area contributed by atoms with Gasteiger partial charge in [0.25, 0.3) is 0 Å². The van der Waals surface area contributed by atoms with E-state index in [1.807, 2.05) is 10.8 Å². The fourth-order valence-electron chi connectivity index (χ4n) is 2.27. The van der Waals surface area contributed by atoms with Gasteiger partial charge in [0.05, 0.1) is 17.0 Å². The van der Waals surface area contributed by atoms with Gasteiger partial charge in [-0.2, -0.15) is 0 Å². The van der Waals surface area contributed by atoms with Crippen LogP contribution in [0.15, 0.2) is 21.3 Å². The van der Waals surface area contributed by atoms with Crippen LogP contribution in [0.3, 0.4) is 0 Å². The summed E-state index contributed by atoms with van der Waals surface area (Å²) in [5.74, 6) is 0.0361. The molecule has 0 aliphatic rings. The van der Waals surface area contributed by atoms with Gasteiger partial charge in [-0.25, -0.2) is 4.98 Å². The number of hydrogen-bond acceptors (Lipinski definition) is 5. The molecule has 0 aliphatic heterocycles. The van der Waals surface area contributed by atoms with Crippen molar-refractivity contribution in [2.75, 3.05) is 19.6 Å². The average Bonchev–Trinajstić information content (AvgIpc) is 3.12. The lowest BCUT2D eigenvalue weighted by atomic mass is 10.3. The molecule has 2 aromatic heterocycles. The van der Waals surface area contributed by atoms with Crippen LogP contribution in [-0.4, -0.2) is 41.5 Å². The number of hydrogen-bond donors (Lipinski definition) is 1. The number of thiazole rings is 1. The second-order valence-corrected chi connectivity index (χ2v) is 8.21. The van der Waals surface area contributed by atoms with Crippen LogP contribution in [0.1, 0.15) is 26.5 Å². The highest BCUT2D eigenvalue weighted by Gasteiger charge is 2.11. The van der Waals surface area contributed by atoms with E-state index < -0.39 is 0 Å². The van der Waals surface area contributed by atoms with Crippen molar-refractivity contribution >= 4 is 44.5 Å². The maximum absolute atomic E-state index is 12.0. The lowest BCUT2D eigenvalue weighted by molar-refractivity contribution is -0.120. The molecule has 0 bridgehead atoms. The molecule has 0 saturated carbocycles. The van der Waals surface area contributed by atoms with Gasteiger partial charge >= 0.3 is 0 Å². The Hall–Kier alpha value is -0.760. The maximum Gasteiger partial charge on any atom is 0.226 e. The summed E-state index contributed by atoms with van der Waals surface area (Å²) in [6.45, 7) is 9.04. The topological polar surface area (TPSA) is 45.2 Å². The summed E-state index contributed by atoms with van der Waals surface area (Å²) in [5, 5.41) is 7.96. The minimum Gasteiger partial charge on any atom is -0.354 e. The van der Waals surface area contributed by atoms with Gasteiger partial charge < -0.3 is 5.32 Å². The third-order valence-electron chi connectivity index (χ3n) is 3.53. The number of nitrogens with zero attached hydrogens (tertiary/aromatic N) is 2. The molecule has 2 rings (SSSR count). The zero-order valence-electron chi connectivity index (χ0n) is 13.6. The molecule has 0 saturated heterocycles. The fraction of sp³-hybridized carbons (Fsp3) is 0.500. The molecular weight excluding hydrogens is 394 g/mol. The van der Waals surface area contributed by atoms with Gasteiger partial charge in [-0.05, 0) is 42.4 Å². The molecule has 0 atom stereocenters. The minimum absolute atomic E-state index is 0.0361. The summed E-state index contributed by atoms with van der Waals surface area (Å²) in [7, 11) is 0. The molecular formula is C16H22BrN3OS2. The number of thiophene rings is 1. The predicted octanol–water partition coefficient (Wildman–Crippen LogP) is 4.02. The second-order valence-electron chi connectivity index (χ2n) is 5.52. The van der Waals surface area contributed by atoms with E-state index in [9.17, 15) is 4.79 Å². The first kappa shape index (κ1) is 18.6. The van der Waals surface area contributed by atoms with E-state index >= 15 is 0 Å². The molecule has 1 N–H and O–H groups in total. The van der Waals surface area contributed by atoms with Gasteiger partial charge in [-0.3, -0.25) is 9.69 Å². The molecule has 23 heavy (non-hydrogen) atoms. The van der Waals surface area contributed by atoms with Crippen LogP contribution in [0.2, 0.25) is 0 Å². The SMILES string of the molecule is CCN(CCNC(=O)Cc1csc(-c2cc(Br)cs2)n1)C(C)C. The Labute approximate surface area is 154 Å². The van der Waals surface area contributed by atoms with Crippen LogP contribution in [-0.2, 0) is 11.2 Å². The molecule has 0 aromatic carbocycles. The molecule has 1 amide bonds. The predicted molar refractivity (Wildman–Crippen MR) is 102 cm³/mol. The Balaban J connectivity index is 1.81. The fourth-order valence-corrected chi connectivity index (χ4v) is 4.60. The van der Waals surface area contributed by atoms with Crippen molar-refractivity contribution in [1.82, 2.24) is 15.2 Å². The van der Waals surface area contributed by atoms with Crippen LogP contribution in [0.4, 0.5) is 0 Å². The molecule has 0 unspecified atom stereocenters. The monoisotopic (exact) mass is 415 g/mol. The van der Waals surface area contributed by atoms with Gasteiger partial charge in [0.1, 0.15) is 5.01 Å². The molecule has 126 valence electrons. The average molecular weight is 416 g/mol. The van der Waals surface area contributed by atoms with Gasteiger partial charge in [0.15, 0.2) is 0 Å². The summed E-state index contributed by atoms with van der Waals surface area (Å²) in [6.07, 6.45) is 0.344. The summed E-state index contributed by atoms with van der Waals surface area (Å²) in [4.78, 5) is 20.0. The lowest BCUT2D eigenvalue weighted by Gasteiger charge is -2.24. The van der Waals surface area contributed by atoms with Crippen LogP contribution in [0.5, 0.6) is 0 Å². The first-order chi connectivity index (χ1) is 11.0. The second kappa shape index (κ2) is 8.92. The van der Waals surface area contributed by atoms with Crippen LogP contribution < -0.4 is 5.32 Å². The highest BCUT2D eigenvalue weighted by molar-refractivity contribution is 9.10. The Bertz CT molecular complexity index is 639. The summed E-state index contributed by atoms with van der Waals surface area (Å²) in [5.41, 5.74) is 0.836. The highest BCUT2D eigenvalue weighted by Crippen LogP contribution is 2.31. The Morgan fingerprint density at radius 1 is 1.39 bits per heavy atom. The Morgan fingerprint density at radius 3 is 2.78 bits per heavy atom. The number of nitrogens with one attached hydrogen (secondary N) is 1. The lowest BCUT2D eigenvalue weighted by Crippen LogP contribution is -2.38. The van der Waals surface area contributed by atoms with E-state index in [1.165, 1.54) is 0 Å². The molecule has 0 radical (unpaired) electrons. The van der Waals surface area contributed by atoms with Gasteiger partial charge in [-0.1, -0.05) is 6.92 Å². The van der Waals surface area contributed by atoms with E-state index in [4.69, 9.17) is 0 Å². The van der Waals surface area contributed by atoms with Gasteiger partial charge in [-0.15, -0.1) is 22.7 Å². The van der Waals surface area contributed by atoms with Crippen molar-refractivity contribution in [1.29, 1.82) is 0 Å². The number of aromatic nitrogens is 1. The van der Waals surface area contributed by atoms with Gasteiger partial charge in [0.2, 0.25) is 5.91 Å². The first-order valence-corrected chi connectivity index (χ1v) is 10.2. The number of halogens is 1. The molecule has 4 nitrogen and oxygen atoms in total. The van der Waals surface area contributed by atoms with E-state index in [1.54, 1.807) is 22.7 Å². The van der Waals surface area contributed by atoms with E-state index in [0.717, 1.165) is 33.1 Å². The van der Waals surface area contributed by atoms with Crippen LogP contribution in [0, 0.1) is 0 Å². The molecule has 0 aliphatic carbocycles. The normalized spacial score (nSPS) is 11.4. The number of carbonyl (C=O) groups is 1. The number of rotatable bonds is 8. The van der Waals surface area contributed by atoms with Crippen molar-refractivity contribution in [3.8, 4) is 9.88 Å². The van der Waals surface area contributed by atoms with Crippen LogP contribution in [0.25, 0.3) is 9.88 Å². The molecule has 0 spiro atoms. The largest absolute Gasteiger partial charge is 0.354 e. The van der Waals surface area contributed by atoms with Crippen molar-refractivity contribution in [2.24, 2.45) is 0 Å². The molecule has 0 fully saturated rings. The first-order valence-electron chi connectivity index (χ1n) is 7.69. The van der Waals surface area contributed by atoms with E-state index in [-0.39, 0.29) is 5.91 Å². The number of carbonyl (C=O) groups excluding carboxylic acids is 1. The molecule has 2 aromatic rings. The number of amides is 1. The number of likely N-dealkylation sites (N-methyl/N-ethyl adjacent to an activating group) is 1. The van der Waals surface area contributed by atoms with Crippen LogP contribution >= 0.6 is 38.6 Å². The van der Waals surface area contributed by atoms with E-state index in [2.05, 4.69) is 58.0 Å². The Morgan fingerprint density at radius 2 is 2.17 bits per heavy atom. The van der Waals surface area contributed by atoms with Crippen molar-refractivity contribution < 1.29 is 4.79 Å². The zero-order chi connectivity index (χ0) is 16.8. The highest BCUT2D eigenvalue weighted by atomic mass is 79.9. The standard InChI is InChI=1S/C16H22BrN3OS2/c1-4-20(11(2)3)6-5-18-15(21)8-13-10-23-16(19-13)14-7-12(17)9-22-14/h7,9-11H,4-6,8H2,1-3H3,(H,18,21). The molecule has 7 heteroatoms. The molecule has 2 heterocycles. The third-order valence-corrected chi connectivity index (χ3v) is 6.28. The van der Waals surface area contributed by atoms with Crippen molar-refractivity contribution in [3.05, 3.63) is 27.0 Å². The van der Waals surface area contributed by atoms with Gasteiger partial charge in [0, 0.05) is 34.4 Å². The quantitative estimate of drug-likeness (QED) is 0.707. The summed E-state index contributed by atoms with van der Waals surface area (Å²) >= 11 is 6.69. The summed E-state index contributed by atoms with van der Waals surface area (Å²) in [6, 6.07) is 2.56. The van der Waals surface area contributed by atoms with Crippen molar-refractivity contribution in [3.63, 3.8) is 0 Å². The van der Waals surface area contributed by atoms with E-state index in [0.29, 0.717) is 19.0 Å². The third kappa shape index (κ3) is 5.67. The minimum atomic E-state index is 0.0361. The summed E-state index contributed by atoms with van der Waals surface area (Å²) < 4.78 is 1.07. The van der Waals surface area contributed by atoms with Crippen molar-refractivity contribution in [2.45, 2.75) is 33.2 Å².